The van der Waals surface area contributed by atoms with Crippen molar-refractivity contribution in [2.75, 3.05) is 6.61 Å². The highest BCUT2D eigenvalue weighted by Crippen LogP contribution is 2.30. The SMILES string of the molecule is Cn1cc(S(=O)(=O)N[C@H]2CCO[C@@H]2c2ccc(Cl)cc2)cn1. The minimum absolute atomic E-state index is 0.150. The van der Waals surface area contributed by atoms with E-state index in [0.717, 1.165) is 5.56 Å². The van der Waals surface area contributed by atoms with Gasteiger partial charge in [0.05, 0.1) is 18.3 Å². The maximum atomic E-state index is 12.4. The van der Waals surface area contributed by atoms with Gasteiger partial charge in [0.1, 0.15) is 4.90 Å². The van der Waals surface area contributed by atoms with Crippen LogP contribution in [0, 0.1) is 0 Å². The summed E-state index contributed by atoms with van der Waals surface area (Å²) in [6, 6.07) is 6.93. The first kappa shape index (κ1) is 15.5. The summed E-state index contributed by atoms with van der Waals surface area (Å²) in [6.07, 6.45) is 3.10. The highest BCUT2D eigenvalue weighted by molar-refractivity contribution is 7.89. The summed E-state index contributed by atoms with van der Waals surface area (Å²) in [4.78, 5) is 0.150. The van der Waals surface area contributed by atoms with Gasteiger partial charge in [-0.05, 0) is 24.1 Å². The number of sulfonamides is 1. The van der Waals surface area contributed by atoms with Crippen molar-refractivity contribution in [1.82, 2.24) is 14.5 Å². The lowest BCUT2D eigenvalue weighted by Gasteiger charge is -2.19. The molecule has 1 fully saturated rings. The number of hydrogen-bond acceptors (Lipinski definition) is 4. The average molecular weight is 342 g/mol. The van der Waals surface area contributed by atoms with Crippen molar-refractivity contribution >= 4 is 21.6 Å². The van der Waals surface area contributed by atoms with Gasteiger partial charge in [0.2, 0.25) is 10.0 Å². The summed E-state index contributed by atoms with van der Waals surface area (Å²) >= 11 is 5.88. The van der Waals surface area contributed by atoms with Crippen LogP contribution in [-0.4, -0.2) is 30.8 Å². The third-order valence-corrected chi connectivity index (χ3v) is 5.28. The fourth-order valence-electron chi connectivity index (χ4n) is 2.50. The van der Waals surface area contributed by atoms with Crippen LogP contribution in [0.2, 0.25) is 5.02 Å². The number of ether oxygens (including phenoxy) is 1. The van der Waals surface area contributed by atoms with E-state index in [9.17, 15) is 8.42 Å². The van der Waals surface area contributed by atoms with Gasteiger partial charge in [0, 0.05) is 24.9 Å². The van der Waals surface area contributed by atoms with E-state index >= 15 is 0 Å². The predicted octanol–water partition coefficient (Wildman–Crippen LogP) is 1.88. The van der Waals surface area contributed by atoms with Gasteiger partial charge in [0.25, 0.3) is 0 Å². The van der Waals surface area contributed by atoms with Gasteiger partial charge in [-0.3, -0.25) is 4.68 Å². The number of hydrogen-bond donors (Lipinski definition) is 1. The maximum Gasteiger partial charge on any atom is 0.244 e. The van der Waals surface area contributed by atoms with Crippen molar-refractivity contribution in [1.29, 1.82) is 0 Å². The minimum atomic E-state index is -3.61. The molecule has 2 heterocycles. The molecule has 1 aromatic carbocycles. The second kappa shape index (κ2) is 6.00. The molecule has 0 amide bonds. The molecule has 22 heavy (non-hydrogen) atoms. The highest BCUT2D eigenvalue weighted by atomic mass is 35.5. The average Bonchev–Trinajstić information content (AvgIpc) is 3.09. The zero-order chi connectivity index (χ0) is 15.7. The first-order chi connectivity index (χ1) is 10.5. The van der Waals surface area contributed by atoms with Crippen molar-refractivity contribution in [3.8, 4) is 0 Å². The maximum absolute atomic E-state index is 12.4. The quantitative estimate of drug-likeness (QED) is 0.921. The summed E-state index contributed by atoms with van der Waals surface area (Å²) < 4.78 is 34.6. The molecule has 6 nitrogen and oxygen atoms in total. The largest absolute Gasteiger partial charge is 0.372 e. The van der Waals surface area contributed by atoms with Gasteiger partial charge in [-0.2, -0.15) is 5.10 Å². The minimum Gasteiger partial charge on any atom is -0.372 e. The Kier molecular flexibility index (Phi) is 4.22. The Morgan fingerprint density at radius 3 is 2.73 bits per heavy atom. The van der Waals surface area contributed by atoms with Crippen molar-refractivity contribution in [3.05, 3.63) is 47.2 Å². The Hall–Kier alpha value is -1.41. The first-order valence-corrected chi connectivity index (χ1v) is 8.70. The molecule has 8 heteroatoms. The predicted molar refractivity (Wildman–Crippen MR) is 82.1 cm³/mol. The number of aromatic nitrogens is 2. The van der Waals surface area contributed by atoms with Gasteiger partial charge < -0.3 is 4.74 Å². The molecular formula is C14H16ClN3O3S. The molecule has 1 aliphatic rings. The molecule has 2 aromatic rings. The van der Waals surface area contributed by atoms with Gasteiger partial charge >= 0.3 is 0 Å². The Labute approximate surface area is 134 Å². The van der Waals surface area contributed by atoms with Crippen LogP contribution in [0.1, 0.15) is 18.1 Å². The van der Waals surface area contributed by atoms with E-state index < -0.39 is 10.0 Å². The standard InChI is InChI=1S/C14H16ClN3O3S/c1-18-9-12(8-16-18)22(19,20)17-13-6-7-21-14(13)10-2-4-11(15)5-3-10/h2-5,8-9,13-14,17H,6-7H2,1H3/t13-,14+/m0/s1. The lowest BCUT2D eigenvalue weighted by molar-refractivity contribution is 0.102. The molecule has 0 saturated carbocycles. The topological polar surface area (TPSA) is 73.2 Å². The number of nitrogens with zero attached hydrogens (tertiary/aromatic N) is 2. The van der Waals surface area contributed by atoms with Gasteiger partial charge in [-0.25, -0.2) is 13.1 Å². The Morgan fingerprint density at radius 1 is 1.36 bits per heavy atom. The van der Waals surface area contributed by atoms with E-state index in [0.29, 0.717) is 18.1 Å². The van der Waals surface area contributed by atoms with Crippen molar-refractivity contribution in [2.45, 2.75) is 23.5 Å². The molecule has 0 radical (unpaired) electrons. The second-order valence-electron chi connectivity index (χ2n) is 5.21. The Morgan fingerprint density at radius 2 is 2.09 bits per heavy atom. The fourth-order valence-corrected chi connectivity index (χ4v) is 3.88. The lowest BCUT2D eigenvalue weighted by atomic mass is 10.0. The van der Waals surface area contributed by atoms with E-state index in [2.05, 4.69) is 9.82 Å². The van der Waals surface area contributed by atoms with E-state index in [4.69, 9.17) is 16.3 Å². The normalized spacial score (nSPS) is 22.1. The molecule has 1 aliphatic heterocycles. The van der Waals surface area contributed by atoms with E-state index in [-0.39, 0.29) is 17.0 Å². The molecule has 0 bridgehead atoms. The van der Waals surface area contributed by atoms with Gasteiger partial charge in [-0.1, -0.05) is 23.7 Å². The van der Waals surface area contributed by atoms with Crippen LogP contribution in [0.15, 0.2) is 41.6 Å². The molecule has 1 aromatic heterocycles. The first-order valence-electron chi connectivity index (χ1n) is 6.84. The summed E-state index contributed by atoms with van der Waals surface area (Å²) in [5.41, 5.74) is 0.904. The lowest BCUT2D eigenvalue weighted by Crippen LogP contribution is -2.36. The Balaban J connectivity index is 1.80. The Bertz CT molecular complexity index is 758. The van der Waals surface area contributed by atoms with Crippen LogP contribution in [-0.2, 0) is 21.8 Å². The molecule has 1 N–H and O–H groups in total. The summed E-state index contributed by atoms with van der Waals surface area (Å²) in [7, 11) is -1.94. The molecule has 0 aliphatic carbocycles. The van der Waals surface area contributed by atoms with Gasteiger partial charge in [0.15, 0.2) is 0 Å². The number of halogens is 1. The van der Waals surface area contributed by atoms with Crippen LogP contribution in [0.3, 0.4) is 0 Å². The summed E-state index contributed by atoms with van der Waals surface area (Å²) in [5, 5.41) is 4.53. The van der Waals surface area contributed by atoms with Gasteiger partial charge in [-0.15, -0.1) is 0 Å². The monoisotopic (exact) mass is 341 g/mol. The zero-order valence-electron chi connectivity index (χ0n) is 11.9. The molecule has 0 spiro atoms. The van der Waals surface area contributed by atoms with Crippen LogP contribution in [0.25, 0.3) is 0 Å². The van der Waals surface area contributed by atoms with Crippen molar-refractivity contribution in [3.63, 3.8) is 0 Å². The van der Waals surface area contributed by atoms with E-state index in [1.165, 1.54) is 17.1 Å². The molecule has 0 unspecified atom stereocenters. The van der Waals surface area contributed by atoms with Crippen LogP contribution in [0.4, 0.5) is 0 Å². The van der Waals surface area contributed by atoms with Crippen LogP contribution in [0.5, 0.6) is 0 Å². The molecule has 118 valence electrons. The highest BCUT2D eigenvalue weighted by Gasteiger charge is 2.33. The van der Waals surface area contributed by atoms with E-state index in [1.54, 1.807) is 19.2 Å². The third kappa shape index (κ3) is 3.17. The summed E-state index contributed by atoms with van der Waals surface area (Å²) in [6.45, 7) is 0.507. The molecule has 1 saturated heterocycles. The smallest absolute Gasteiger partial charge is 0.244 e. The molecule has 3 rings (SSSR count). The zero-order valence-corrected chi connectivity index (χ0v) is 13.5. The number of benzene rings is 1. The number of nitrogens with one attached hydrogen (secondary N) is 1. The summed E-state index contributed by atoms with van der Waals surface area (Å²) in [5.74, 6) is 0. The number of rotatable bonds is 4. The third-order valence-electron chi connectivity index (χ3n) is 3.59. The van der Waals surface area contributed by atoms with E-state index in [1.807, 2.05) is 12.1 Å². The van der Waals surface area contributed by atoms with Crippen LogP contribution < -0.4 is 4.72 Å². The molecular weight excluding hydrogens is 326 g/mol. The molecule has 2 atom stereocenters. The van der Waals surface area contributed by atoms with Crippen molar-refractivity contribution in [2.24, 2.45) is 7.05 Å². The fraction of sp³-hybridized carbons (Fsp3) is 0.357. The number of aryl methyl sites for hydroxylation is 1. The second-order valence-corrected chi connectivity index (χ2v) is 7.36. The van der Waals surface area contributed by atoms with Crippen molar-refractivity contribution < 1.29 is 13.2 Å². The van der Waals surface area contributed by atoms with Crippen LogP contribution >= 0.6 is 11.6 Å².